The average Bonchev–Trinajstić information content (AvgIpc) is 1.44. The van der Waals surface area contributed by atoms with Gasteiger partial charge in [-0.25, -0.2) is 29.9 Å². The molecule has 106 heavy (non-hydrogen) atoms. The molecule has 0 aliphatic carbocycles. The molecule has 0 N–H and O–H groups in total. The van der Waals surface area contributed by atoms with Gasteiger partial charge in [0.15, 0.2) is 12.4 Å². The topological polar surface area (TPSA) is 248 Å². The number of imidazole rings is 6. The molecule has 18 rings (SSSR count). The SMILES string of the molecule is CC1(C)CCn2cncc2C1c1ccc(C#N)cc1.CSc1ccc(C2CCCn3cncc32)cc1.C[C@@H]1CCn2cncc2C1c1ccc(C#N)cc1.C[C@H]1CCn2cncc2C1c1ccc(C#N)cc1.O=[N+]([O-])c1ccccc1C1CCCn2cncc21.[O-][n+]1ccc(C2CCCn3cncc32)cc1. The van der Waals surface area contributed by atoms with E-state index in [2.05, 4.69) is 170 Å². The van der Waals surface area contributed by atoms with Crippen LogP contribution in [0, 0.1) is 66.6 Å². The van der Waals surface area contributed by atoms with E-state index in [1.807, 2.05) is 129 Å². The first-order chi connectivity index (χ1) is 51.7. The van der Waals surface area contributed by atoms with Crippen LogP contribution in [0.3, 0.4) is 0 Å². The van der Waals surface area contributed by atoms with Crippen molar-refractivity contribution in [2.75, 3.05) is 6.26 Å². The number of nitriles is 3. The second-order valence-corrected chi connectivity index (χ2v) is 30.0. The minimum atomic E-state index is -0.301. The normalized spacial score (nSPS) is 20.3. The molecule has 0 spiro atoms. The largest absolute Gasteiger partial charge is 0.619 e. The fourth-order valence-corrected chi connectivity index (χ4v) is 16.9. The number of benzene rings is 5. The minimum absolute atomic E-state index is 0.0860. The molecule has 0 saturated carbocycles. The van der Waals surface area contributed by atoms with Gasteiger partial charge in [0, 0.05) is 175 Å². The van der Waals surface area contributed by atoms with Gasteiger partial charge in [-0.1, -0.05) is 94.4 Å². The molecule has 538 valence electrons. The number of fused-ring (bicyclic) bond motifs is 6. The molecule has 20 nitrogen and oxygen atoms in total. The molecular formula is C85H89N17O3S. The molecule has 0 bridgehead atoms. The smallest absolute Gasteiger partial charge is 0.273 e. The number of para-hydroxylation sites is 1. The Labute approximate surface area is 624 Å². The van der Waals surface area contributed by atoms with Gasteiger partial charge in [0.2, 0.25) is 0 Å². The molecule has 0 fully saturated rings. The Morgan fingerprint density at radius 3 is 1.25 bits per heavy atom. The summed E-state index contributed by atoms with van der Waals surface area (Å²) in [6, 6.07) is 50.1. The van der Waals surface area contributed by atoms with Gasteiger partial charge >= 0.3 is 0 Å². The molecule has 5 aromatic carbocycles. The summed E-state index contributed by atoms with van der Waals surface area (Å²) in [7, 11) is 0. The highest BCUT2D eigenvalue weighted by Gasteiger charge is 2.38. The zero-order chi connectivity index (χ0) is 73.7. The summed E-state index contributed by atoms with van der Waals surface area (Å²) in [5.74, 6) is 3.37. The van der Waals surface area contributed by atoms with Gasteiger partial charge in [-0.05, 0) is 158 Å². The van der Waals surface area contributed by atoms with Crippen molar-refractivity contribution in [1.29, 1.82) is 15.8 Å². The van der Waals surface area contributed by atoms with Crippen LogP contribution >= 0.6 is 11.8 Å². The predicted molar refractivity (Wildman–Crippen MR) is 408 cm³/mol. The second kappa shape index (κ2) is 33.5. The average molecular weight is 1430 g/mol. The monoisotopic (exact) mass is 1430 g/mol. The van der Waals surface area contributed by atoms with Crippen molar-refractivity contribution in [2.24, 2.45) is 17.3 Å². The van der Waals surface area contributed by atoms with Crippen LogP contribution in [-0.2, 0) is 39.3 Å². The van der Waals surface area contributed by atoms with Crippen molar-refractivity contribution < 1.29 is 9.65 Å². The highest BCUT2D eigenvalue weighted by atomic mass is 32.2. The van der Waals surface area contributed by atoms with Crippen molar-refractivity contribution in [3.8, 4) is 18.2 Å². The molecule has 12 aromatic rings. The van der Waals surface area contributed by atoms with Crippen LogP contribution in [0.15, 0.2) is 226 Å². The second-order valence-electron chi connectivity index (χ2n) is 29.1. The van der Waals surface area contributed by atoms with E-state index < -0.39 is 0 Å². The number of rotatable bonds is 8. The molecule has 6 aliphatic rings. The first kappa shape index (κ1) is 72.9. The van der Waals surface area contributed by atoms with E-state index >= 15 is 0 Å². The Morgan fingerprint density at radius 1 is 0.453 bits per heavy atom. The van der Waals surface area contributed by atoms with Gasteiger partial charge < -0.3 is 32.6 Å². The first-order valence-corrected chi connectivity index (χ1v) is 38.0. The maximum absolute atomic E-state index is 11.1. The van der Waals surface area contributed by atoms with Crippen molar-refractivity contribution in [1.82, 2.24) is 57.3 Å². The van der Waals surface area contributed by atoms with Crippen molar-refractivity contribution in [3.63, 3.8) is 0 Å². The molecule has 6 aliphatic heterocycles. The summed E-state index contributed by atoms with van der Waals surface area (Å²) in [6.07, 6.45) is 38.6. The number of nitro groups is 1. The summed E-state index contributed by atoms with van der Waals surface area (Å²) < 4.78 is 14.1. The van der Waals surface area contributed by atoms with Gasteiger partial charge in [0.05, 0.1) is 77.8 Å². The van der Waals surface area contributed by atoms with Crippen LogP contribution in [0.1, 0.15) is 205 Å². The lowest BCUT2D eigenvalue weighted by Crippen LogP contribution is -2.31. The minimum Gasteiger partial charge on any atom is -0.619 e. The number of thioether (sulfide) groups is 1. The Balaban J connectivity index is 0.000000113. The number of nitro benzene ring substituents is 1. The lowest BCUT2D eigenvalue weighted by Gasteiger charge is -2.39. The third-order valence-corrected chi connectivity index (χ3v) is 22.9. The van der Waals surface area contributed by atoms with Gasteiger partial charge in [0.25, 0.3) is 5.69 Å². The molecule has 0 saturated heterocycles. The van der Waals surface area contributed by atoms with Crippen LogP contribution in [0.25, 0.3) is 0 Å². The van der Waals surface area contributed by atoms with Crippen molar-refractivity contribution >= 4 is 17.4 Å². The third kappa shape index (κ3) is 16.4. The van der Waals surface area contributed by atoms with Crippen LogP contribution in [0.4, 0.5) is 5.69 Å². The fourth-order valence-electron chi connectivity index (χ4n) is 16.5. The highest BCUT2D eigenvalue weighted by Crippen LogP contribution is 2.47. The number of aromatic nitrogens is 13. The molecule has 13 heterocycles. The summed E-state index contributed by atoms with van der Waals surface area (Å²) >= 11 is 1.79. The molecule has 6 unspecified atom stereocenters. The van der Waals surface area contributed by atoms with Crippen LogP contribution < -0.4 is 4.73 Å². The van der Waals surface area contributed by atoms with E-state index in [1.54, 1.807) is 42.6 Å². The zero-order valence-electron chi connectivity index (χ0n) is 60.7. The first-order valence-electron chi connectivity index (χ1n) is 36.8. The van der Waals surface area contributed by atoms with E-state index in [-0.39, 0.29) is 21.9 Å². The highest BCUT2D eigenvalue weighted by molar-refractivity contribution is 7.98. The summed E-state index contributed by atoms with van der Waals surface area (Å²) in [5.41, 5.74) is 17.4. The predicted octanol–water partition coefficient (Wildman–Crippen LogP) is 16.9. The number of aryl methyl sites for hydroxylation is 6. The van der Waals surface area contributed by atoms with Crippen LogP contribution in [-0.4, -0.2) is 68.5 Å². The van der Waals surface area contributed by atoms with Crippen molar-refractivity contribution in [2.45, 2.75) is 165 Å². The molecular weight excluding hydrogens is 1340 g/mol. The van der Waals surface area contributed by atoms with Crippen LogP contribution in [0.2, 0.25) is 0 Å². The lowest BCUT2D eigenvalue weighted by molar-refractivity contribution is -0.605. The molecule has 0 amide bonds. The van der Waals surface area contributed by atoms with Crippen LogP contribution in [0.5, 0.6) is 0 Å². The number of pyridine rings is 1. The number of hydrogen-bond donors (Lipinski definition) is 0. The quantitative estimate of drug-likeness (QED) is 0.0452. The molecule has 0 radical (unpaired) electrons. The van der Waals surface area contributed by atoms with Gasteiger partial charge in [0.1, 0.15) is 0 Å². The molecule has 7 aromatic heterocycles. The molecule has 8 atom stereocenters. The van der Waals surface area contributed by atoms with E-state index in [9.17, 15) is 15.3 Å². The van der Waals surface area contributed by atoms with Gasteiger partial charge in [-0.2, -0.15) is 20.5 Å². The summed E-state index contributed by atoms with van der Waals surface area (Å²) in [5, 5.41) is 48.7. The number of nitrogens with zero attached hydrogens (tertiary/aromatic N) is 17. The Hall–Kier alpha value is -11.5. The maximum atomic E-state index is 11.1. The third-order valence-electron chi connectivity index (χ3n) is 22.1. The lowest BCUT2D eigenvalue weighted by atomic mass is 9.69. The zero-order valence-corrected chi connectivity index (χ0v) is 61.6. The van der Waals surface area contributed by atoms with Gasteiger partial charge in [-0.3, -0.25) is 10.1 Å². The number of hydrogen-bond acceptors (Lipinski definition) is 13. The Kier molecular flexibility index (Phi) is 23.1. The van der Waals surface area contributed by atoms with E-state index in [0.717, 1.165) is 92.1 Å². The summed E-state index contributed by atoms with van der Waals surface area (Å²) in [6.45, 7) is 15.5. The van der Waals surface area contributed by atoms with E-state index in [1.165, 1.54) is 93.3 Å². The standard InChI is InChI=1S/C16H17N3.2C15H15N3.C14H16N2S.C13H13N3O2.C12H13N3O/c1-16(2)7-8-19-11-18-10-14(19)15(16)13-5-3-12(9-17)4-6-13;2*1-11-6-7-18-10-17-9-14(18)15(11)13-4-2-12(8-16)3-5-13;1-17-12-6-4-11(5-7-12)13-3-2-8-16-10-15-9-14(13)16;17-16(18)12-6-2-1-4-10(12)11-5-3-7-15-9-14-8-13(11)15;16-15-6-3-10(4-7-15)11-2-1-5-14-9-13-8-12(11)14/h3-6,10-11,15H,7-8H2,1-2H3;2*2-5,9-11,15H,6-7H2,1H3;4-7,9-10,13H,2-3,8H2,1H3;1-2,4,6,8-9,11H,3,5,7H2;3-4,6-9,11H,1-2,5H2/t;2*11-,15?;;;/m.10.../s1. The van der Waals surface area contributed by atoms with E-state index in [0.29, 0.717) is 47.0 Å². The summed E-state index contributed by atoms with van der Waals surface area (Å²) in [4.78, 5) is 37.5. The molecule has 21 heteroatoms. The van der Waals surface area contributed by atoms with E-state index in [4.69, 9.17) is 15.8 Å². The Bertz CT molecular complexity index is 4910. The Morgan fingerprint density at radius 2 is 0.821 bits per heavy atom. The fraction of sp³-hybridized carbons (Fsp3) is 0.341. The van der Waals surface area contributed by atoms with Gasteiger partial charge in [-0.15, -0.1) is 11.8 Å². The van der Waals surface area contributed by atoms with Crippen molar-refractivity contribution in [3.05, 3.63) is 321 Å². The maximum Gasteiger partial charge on any atom is 0.273 e.